The van der Waals surface area contributed by atoms with E-state index in [-0.39, 0.29) is 38.8 Å². The Hall–Kier alpha value is -0.986. The third kappa shape index (κ3) is 6.97. The molecule has 1 atom stereocenters. The Morgan fingerprint density at radius 3 is 2.27 bits per heavy atom. The fraction of sp³-hybridized carbons (Fsp3) is 0.391. The van der Waals surface area contributed by atoms with Crippen LogP contribution >= 0.6 is 0 Å². The largest absolute Gasteiger partial charge is 0.528 e. The molecule has 0 spiro atoms. The van der Waals surface area contributed by atoms with E-state index >= 15 is 0 Å². The van der Waals surface area contributed by atoms with Gasteiger partial charge in [-0.25, -0.2) is 0 Å². The molecule has 1 aliphatic heterocycles. The molecule has 1 radical (unpaired) electrons. The van der Waals surface area contributed by atoms with E-state index < -0.39 is 0 Å². The van der Waals surface area contributed by atoms with Crippen molar-refractivity contribution in [2.45, 2.75) is 47.1 Å². The van der Waals surface area contributed by atoms with E-state index in [9.17, 15) is 0 Å². The number of aliphatic imine (C=N–C) groups is 1. The first-order valence-electron chi connectivity index (χ1n) is 9.49. The maximum Gasteiger partial charge on any atom is 0.0504 e. The van der Waals surface area contributed by atoms with Crippen LogP contribution in [0.2, 0.25) is 0 Å². The van der Waals surface area contributed by atoms with Crippen LogP contribution in [0.3, 0.4) is 0 Å². The van der Waals surface area contributed by atoms with E-state index in [1.807, 2.05) is 41.0 Å². The quantitative estimate of drug-likeness (QED) is 0.343. The van der Waals surface area contributed by atoms with Gasteiger partial charge in [-0.3, -0.25) is 0 Å². The molecule has 0 amide bonds. The number of hydrogen-bond acceptors (Lipinski definition) is 1. The van der Waals surface area contributed by atoms with Crippen LogP contribution in [0.1, 0.15) is 57.4 Å². The Bertz CT molecular complexity index is 611. The zero-order valence-corrected chi connectivity index (χ0v) is 19.8. The predicted molar refractivity (Wildman–Crippen MR) is 110 cm³/mol. The first-order chi connectivity index (χ1) is 12.4. The Labute approximate surface area is 186 Å². The molecule has 0 saturated heterocycles. The van der Waals surface area contributed by atoms with E-state index in [0.717, 1.165) is 19.5 Å². The van der Waals surface area contributed by atoms with E-state index in [0.29, 0.717) is 0 Å². The summed E-state index contributed by atoms with van der Waals surface area (Å²) in [5, 5.41) is 0. The van der Waals surface area contributed by atoms with Crippen LogP contribution in [0.5, 0.6) is 0 Å². The second-order valence-corrected chi connectivity index (χ2v) is 5.30. The van der Waals surface area contributed by atoms with Gasteiger partial charge in [0.2, 0.25) is 0 Å². The van der Waals surface area contributed by atoms with Crippen LogP contribution in [0.25, 0.3) is 0 Å². The third-order valence-electron chi connectivity index (χ3n) is 3.87. The van der Waals surface area contributed by atoms with Crippen LogP contribution in [0, 0.1) is 6.42 Å². The second-order valence-electron chi connectivity index (χ2n) is 5.30. The molecule has 2 aromatic rings. The summed E-state index contributed by atoms with van der Waals surface area (Å²) in [4.78, 5) is 6.62. The van der Waals surface area contributed by atoms with Gasteiger partial charge in [0.25, 0.3) is 0 Å². The standard InChI is InChI=1S/C19H20N2.2C2H6.Y/c1-2-13-20-15-21-14-12-16-8-6-7-11-18(16)19(21)17-9-4-3-5-10-17;2*1-2;/h2-11,19H,12-14H2,1H3;2*1-2H3;/q-2;;;. The molecule has 3 rings (SSSR count). The van der Waals surface area contributed by atoms with Crippen molar-refractivity contribution in [1.29, 1.82) is 0 Å². The molecule has 0 aromatic heterocycles. The van der Waals surface area contributed by atoms with Crippen molar-refractivity contribution in [2.24, 2.45) is 4.99 Å². The van der Waals surface area contributed by atoms with Crippen LogP contribution < -0.4 is 0 Å². The summed E-state index contributed by atoms with van der Waals surface area (Å²) in [5.74, 6) is 0. The summed E-state index contributed by atoms with van der Waals surface area (Å²) in [7, 11) is 0. The molecule has 0 N–H and O–H groups in total. The number of hydrogen-bond donors (Lipinski definition) is 0. The monoisotopic (exact) mass is 425 g/mol. The minimum Gasteiger partial charge on any atom is -0.528 e. The average Bonchev–Trinajstić information content (AvgIpc) is 2.71. The Morgan fingerprint density at radius 1 is 1.00 bits per heavy atom. The summed E-state index contributed by atoms with van der Waals surface area (Å²) in [6, 6.07) is 19.6. The van der Waals surface area contributed by atoms with Gasteiger partial charge < -0.3 is 22.7 Å². The molecule has 3 heteroatoms. The molecule has 1 aliphatic rings. The van der Waals surface area contributed by atoms with Crippen molar-refractivity contribution in [3.05, 3.63) is 77.7 Å². The maximum atomic E-state index is 4.38. The average molecular weight is 425 g/mol. The summed E-state index contributed by atoms with van der Waals surface area (Å²) >= 11 is 0. The molecule has 1 heterocycles. The second kappa shape index (κ2) is 15.1. The number of benzene rings is 2. The summed E-state index contributed by atoms with van der Waals surface area (Å²) in [6.45, 7) is 11.7. The van der Waals surface area contributed by atoms with E-state index in [1.54, 1.807) is 0 Å². The number of fused-ring (bicyclic) bond motifs is 1. The first kappa shape index (κ1) is 25.0. The Kier molecular flexibility index (Phi) is 14.5. The van der Waals surface area contributed by atoms with Gasteiger partial charge in [-0.15, -0.1) is 6.54 Å². The molecular weight excluding hydrogens is 393 g/mol. The molecule has 0 saturated carbocycles. The number of rotatable bonds is 4. The minimum atomic E-state index is 0. The van der Waals surface area contributed by atoms with Crippen molar-refractivity contribution >= 4 is 6.34 Å². The number of nitrogens with zero attached hydrogens (tertiary/aromatic N) is 2. The van der Waals surface area contributed by atoms with E-state index in [1.165, 1.54) is 16.7 Å². The molecule has 0 bridgehead atoms. The van der Waals surface area contributed by atoms with Gasteiger partial charge in [0.05, 0.1) is 6.04 Å². The van der Waals surface area contributed by atoms with E-state index in [4.69, 9.17) is 0 Å². The van der Waals surface area contributed by atoms with Crippen molar-refractivity contribution in [2.75, 3.05) is 13.1 Å². The zero-order valence-electron chi connectivity index (χ0n) is 16.9. The topological polar surface area (TPSA) is 15.6 Å². The summed E-state index contributed by atoms with van der Waals surface area (Å²) in [5.41, 5.74) is 4.11. The van der Waals surface area contributed by atoms with Gasteiger partial charge in [0.15, 0.2) is 0 Å². The third-order valence-corrected chi connectivity index (χ3v) is 3.87. The van der Waals surface area contributed by atoms with Crippen molar-refractivity contribution in [3.8, 4) is 0 Å². The molecule has 0 aliphatic carbocycles. The summed E-state index contributed by atoms with van der Waals surface area (Å²) in [6.07, 6.45) is 6.34. The van der Waals surface area contributed by atoms with Crippen LogP contribution in [-0.2, 0) is 39.1 Å². The fourth-order valence-electron chi connectivity index (χ4n) is 2.89. The van der Waals surface area contributed by atoms with Crippen molar-refractivity contribution in [3.63, 3.8) is 0 Å². The smallest absolute Gasteiger partial charge is 0.0504 e. The molecule has 2 nitrogen and oxygen atoms in total. The van der Waals surface area contributed by atoms with Gasteiger partial charge >= 0.3 is 0 Å². The molecule has 1 unspecified atom stereocenters. The maximum absolute atomic E-state index is 4.38. The summed E-state index contributed by atoms with van der Waals surface area (Å²) < 4.78 is 0. The molecule has 2 aromatic carbocycles. The SMILES string of the molecule is CC.CC.C[CH-]CN=[C-]N1CCc2ccccc2C1c1ccccc1.[Y]. The predicted octanol–water partition coefficient (Wildman–Crippen LogP) is 5.81. The molecular formula is C23H32N2Y-2. The van der Waals surface area contributed by atoms with Gasteiger partial charge in [0.1, 0.15) is 0 Å². The van der Waals surface area contributed by atoms with Crippen molar-refractivity contribution in [1.82, 2.24) is 4.90 Å². The van der Waals surface area contributed by atoms with Crippen molar-refractivity contribution < 1.29 is 32.7 Å². The van der Waals surface area contributed by atoms with E-state index in [2.05, 4.69) is 70.8 Å². The Balaban J connectivity index is 0.00000117. The van der Waals surface area contributed by atoms with Crippen LogP contribution in [0.15, 0.2) is 59.6 Å². The first-order valence-corrected chi connectivity index (χ1v) is 9.49. The normalized spacial score (nSPS) is 15.0. The van der Waals surface area contributed by atoms with Gasteiger partial charge in [-0.05, 0) is 29.7 Å². The molecule has 0 fully saturated rings. The van der Waals surface area contributed by atoms with Crippen LogP contribution in [0.4, 0.5) is 0 Å². The minimum absolute atomic E-state index is 0. The Morgan fingerprint density at radius 2 is 1.62 bits per heavy atom. The van der Waals surface area contributed by atoms with Gasteiger partial charge in [0, 0.05) is 32.7 Å². The van der Waals surface area contributed by atoms with Gasteiger partial charge in [-0.1, -0.05) is 82.3 Å². The zero-order chi connectivity index (χ0) is 18.5. The molecule has 139 valence electrons. The molecule has 26 heavy (non-hydrogen) atoms. The fourth-order valence-corrected chi connectivity index (χ4v) is 2.89. The van der Waals surface area contributed by atoms with Crippen LogP contribution in [-0.4, -0.2) is 24.3 Å². The van der Waals surface area contributed by atoms with Gasteiger partial charge in [-0.2, -0.15) is 6.92 Å².